The van der Waals surface area contributed by atoms with Gasteiger partial charge in [0.25, 0.3) is 11.8 Å². The molecule has 2 heterocycles. The molecule has 4 rings (SSSR count). The number of hydrogen-bond donors (Lipinski definition) is 1. The lowest BCUT2D eigenvalue weighted by atomic mass is 10.0. The van der Waals surface area contributed by atoms with Crippen molar-refractivity contribution >= 4 is 23.1 Å². The maximum Gasteiger partial charge on any atom is 0.278 e. The first-order valence-electron chi connectivity index (χ1n) is 9.85. The normalized spacial score (nSPS) is 13.8. The Morgan fingerprint density at radius 1 is 0.967 bits per heavy atom. The summed E-state index contributed by atoms with van der Waals surface area (Å²) < 4.78 is 11.0. The molecule has 2 amide bonds. The second-order valence-electron chi connectivity index (χ2n) is 6.89. The number of carbonyl (C=O) groups excluding carboxylic acids is 2. The first-order chi connectivity index (χ1) is 14.7. The summed E-state index contributed by atoms with van der Waals surface area (Å²) in [6, 6.07) is 20.0. The largest absolute Gasteiger partial charge is 0.494 e. The average molecular weight is 402 g/mol. The summed E-state index contributed by atoms with van der Waals surface area (Å²) in [4.78, 5) is 27.6. The van der Waals surface area contributed by atoms with Gasteiger partial charge in [-0.15, -0.1) is 0 Å². The Balaban J connectivity index is 1.68. The standard InChI is InChI=1S/C24H22N2O4/c1-2-13-29-19-11-6-10-18(15-19)25-22-21(17-8-4-3-5-9-17)23(27)26(24(22)28)16-20-12-7-14-30-20/h3-12,14-15,25H,2,13,16H2,1H3. The predicted molar refractivity (Wildman–Crippen MR) is 113 cm³/mol. The summed E-state index contributed by atoms with van der Waals surface area (Å²) in [5.74, 6) is 0.492. The molecule has 1 aromatic heterocycles. The van der Waals surface area contributed by atoms with Gasteiger partial charge in [0.2, 0.25) is 0 Å². The van der Waals surface area contributed by atoms with Crippen molar-refractivity contribution in [2.45, 2.75) is 19.9 Å². The monoisotopic (exact) mass is 402 g/mol. The van der Waals surface area contributed by atoms with Gasteiger partial charge in [0.15, 0.2) is 0 Å². The van der Waals surface area contributed by atoms with Gasteiger partial charge in [0.05, 0.1) is 25.0 Å². The second kappa shape index (κ2) is 8.69. The number of anilines is 1. The first-order valence-corrected chi connectivity index (χ1v) is 9.85. The number of hydrogen-bond acceptors (Lipinski definition) is 5. The molecule has 1 aliphatic heterocycles. The molecule has 0 aliphatic carbocycles. The molecule has 0 spiro atoms. The van der Waals surface area contributed by atoms with Gasteiger partial charge in [-0.3, -0.25) is 14.5 Å². The zero-order valence-electron chi connectivity index (χ0n) is 16.6. The molecule has 0 saturated carbocycles. The molecular formula is C24H22N2O4. The van der Waals surface area contributed by atoms with E-state index in [1.807, 2.05) is 61.5 Å². The Morgan fingerprint density at radius 2 is 1.80 bits per heavy atom. The lowest BCUT2D eigenvalue weighted by Crippen LogP contribution is -2.31. The van der Waals surface area contributed by atoms with Crippen LogP contribution in [0.4, 0.5) is 5.69 Å². The predicted octanol–water partition coefficient (Wildman–Crippen LogP) is 4.46. The third-order valence-electron chi connectivity index (χ3n) is 4.70. The van der Waals surface area contributed by atoms with Crippen molar-refractivity contribution in [2.75, 3.05) is 11.9 Å². The maximum atomic E-state index is 13.2. The molecule has 1 N–H and O–H groups in total. The number of rotatable bonds is 8. The summed E-state index contributed by atoms with van der Waals surface area (Å²) in [6.45, 7) is 2.72. The van der Waals surface area contributed by atoms with Crippen LogP contribution in [0, 0.1) is 0 Å². The van der Waals surface area contributed by atoms with Gasteiger partial charge in [0, 0.05) is 11.8 Å². The van der Waals surface area contributed by atoms with Crippen molar-refractivity contribution in [1.82, 2.24) is 4.90 Å². The SMILES string of the molecule is CCCOc1cccc(NC2=C(c3ccccc3)C(=O)N(Cc3ccco3)C2=O)c1. The number of carbonyl (C=O) groups is 2. The van der Waals surface area contributed by atoms with Crippen LogP contribution >= 0.6 is 0 Å². The van der Waals surface area contributed by atoms with Crippen LogP contribution in [0.5, 0.6) is 5.75 Å². The molecule has 0 radical (unpaired) electrons. The van der Waals surface area contributed by atoms with Gasteiger partial charge in [-0.2, -0.15) is 0 Å². The fraction of sp³-hybridized carbons (Fsp3) is 0.167. The zero-order valence-corrected chi connectivity index (χ0v) is 16.6. The molecule has 0 atom stereocenters. The number of benzene rings is 2. The summed E-state index contributed by atoms with van der Waals surface area (Å²) in [6.07, 6.45) is 2.42. The van der Waals surface area contributed by atoms with Crippen molar-refractivity contribution in [1.29, 1.82) is 0 Å². The zero-order chi connectivity index (χ0) is 20.9. The fourth-order valence-corrected chi connectivity index (χ4v) is 3.29. The Labute approximate surface area is 174 Å². The van der Waals surface area contributed by atoms with Crippen LogP contribution in [-0.2, 0) is 16.1 Å². The maximum absolute atomic E-state index is 13.2. The van der Waals surface area contributed by atoms with Crippen LogP contribution in [0.3, 0.4) is 0 Å². The van der Waals surface area contributed by atoms with E-state index in [1.54, 1.807) is 12.1 Å². The summed E-state index contributed by atoms with van der Waals surface area (Å²) in [5.41, 5.74) is 1.93. The number of nitrogens with zero attached hydrogens (tertiary/aromatic N) is 1. The van der Waals surface area contributed by atoms with Gasteiger partial charge < -0.3 is 14.5 Å². The number of ether oxygens (including phenoxy) is 1. The molecule has 6 heteroatoms. The van der Waals surface area contributed by atoms with Gasteiger partial charge in [-0.1, -0.05) is 43.3 Å². The minimum atomic E-state index is -0.393. The van der Waals surface area contributed by atoms with Crippen LogP contribution in [0.1, 0.15) is 24.7 Å². The quantitative estimate of drug-likeness (QED) is 0.563. The Morgan fingerprint density at radius 3 is 2.53 bits per heavy atom. The Bertz CT molecular complexity index is 1070. The highest BCUT2D eigenvalue weighted by molar-refractivity contribution is 6.36. The summed E-state index contributed by atoms with van der Waals surface area (Å²) in [7, 11) is 0. The lowest BCUT2D eigenvalue weighted by Gasteiger charge is -2.14. The number of amides is 2. The van der Waals surface area contributed by atoms with Crippen molar-refractivity contribution in [3.63, 3.8) is 0 Å². The van der Waals surface area contributed by atoms with Crippen LogP contribution in [0.2, 0.25) is 0 Å². The van der Waals surface area contributed by atoms with Crippen molar-refractivity contribution in [2.24, 2.45) is 0 Å². The topological polar surface area (TPSA) is 71.8 Å². The molecule has 3 aromatic rings. The molecule has 6 nitrogen and oxygen atoms in total. The second-order valence-corrected chi connectivity index (χ2v) is 6.89. The van der Waals surface area contributed by atoms with Gasteiger partial charge >= 0.3 is 0 Å². The summed E-state index contributed by atoms with van der Waals surface area (Å²) in [5, 5.41) is 3.15. The van der Waals surface area contributed by atoms with E-state index in [2.05, 4.69) is 5.32 Å². The van der Waals surface area contributed by atoms with E-state index < -0.39 is 5.91 Å². The molecule has 0 unspecified atom stereocenters. The van der Waals surface area contributed by atoms with E-state index in [0.29, 0.717) is 34.9 Å². The smallest absolute Gasteiger partial charge is 0.278 e. The molecule has 1 aliphatic rings. The van der Waals surface area contributed by atoms with Crippen LogP contribution < -0.4 is 10.1 Å². The Hall–Kier alpha value is -3.80. The van der Waals surface area contributed by atoms with Gasteiger partial charge in [-0.05, 0) is 36.2 Å². The number of imide groups is 1. The molecule has 0 saturated heterocycles. The van der Waals surface area contributed by atoms with Crippen molar-refractivity contribution in [3.05, 3.63) is 90.0 Å². The number of nitrogens with one attached hydrogen (secondary N) is 1. The van der Waals surface area contributed by atoms with E-state index in [-0.39, 0.29) is 18.1 Å². The fourth-order valence-electron chi connectivity index (χ4n) is 3.29. The van der Waals surface area contributed by atoms with E-state index in [9.17, 15) is 9.59 Å². The summed E-state index contributed by atoms with van der Waals surface area (Å²) >= 11 is 0. The molecule has 2 aromatic carbocycles. The molecule has 0 bridgehead atoms. The van der Waals surface area contributed by atoms with E-state index in [4.69, 9.17) is 9.15 Å². The molecule has 152 valence electrons. The molecule has 30 heavy (non-hydrogen) atoms. The van der Waals surface area contributed by atoms with Crippen molar-refractivity contribution in [3.8, 4) is 5.75 Å². The highest BCUT2D eigenvalue weighted by Crippen LogP contribution is 2.32. The number of furan rings is 1. The van der Waals surface area contributed by atoms with E-state index >= 15 is 0 Å². The Kier molecular flexibility index (Phi) is 5.66. The lowest BCUT2D eigenvalue weighted by molar-refractivity contribution is -0.137. The van der Waals surface area contributed by atoms with Gasteiger partial charge in [-0.25, -0.2) is 0 Å². The van der Waals surface area contributed by atoms with Gasteiger partial charge in [0.1, 0.15) is 17.2 Å². The van der Waals surface area contributed by atoms with Crippen molar-refractivity contribution < 1.29 is 18.7 Å². The highest BCUT2D eigenvalue weighted by atomic mass is 16.5. The minimum Gasteiger partial charge on any atom is -0.494 e. The van der Waals surface area contributed by atoms with Crippen LogP contribution in [-0.4, -0.2) is 23.3 Å². The van der Waals surface area contributed by atoms with E-state index in [1.165, 1.54) is 11.2 Å². The first kappa shape index (κ1) is 19.5. The average Bonchev–Trinajstić information content (AvgIpc) is 3.36. The van der Waals surface area contributed by atoms with Crippen LogP contribution in [0.15, 0.2) is 83.1 Å². The van der Waals surface area contributed by atoms with E-state index in [0.717, 1.165) is 6.42 Å². The minimum absolute atomic E-state index is 0.0752. The molecule has 0 fully saturated rings. The highest BCUT2D eigenvalue weighted by Gasteiger charge is 2.39. The third-order valence-corrected chi connectivity index (χ3v) is 4.70. The molecular weight excluding hydrogens is 380 g/mol. The third kappa shape index (κ3) is 3.98. The van der Waals surface area contributed by atoms with Crippen LogP contribution in [0.25, 0.3) is 5.57 Å².